The van der Waals surface area contributed by atoms with Crippen LogP contribution in [0.2, 0.25) is 0 Å². The largest absolute Gasteiger partial charge is 0.379 e. The SMILES string of the molecule is CN(Cc1n[nH]c2c1CCC2)C(=O)C(c1cccnc1)N1CCOCC1. The molecule has 1 fully saturated rings. The minimum atomic E-state index is -0.329. The van der Waals surface area contributed by atoms with Crippen LogP contribution < -0.4 is 0 Å². The standard InChI is InChI=1S/C19H25N5O2/c1-23(13-17-15-5-2-6-16(15)21-22-17)19(25)18(14-4-3-7-20-12-14)24-8-10-26-11-9-24/h3-4,7,12,18H,2,5-6,8-11,13H2,1H3,(H,21,22). The van der Waals surface area contributed by atoms with Gasteiger partial charge in [0.15, 0.2) is 0 Å². The number of aromatic nitrogens is 3. The van der Waals surface area contributed by atoms with Crippen molar-refractivity contribution < 1.29 is 9.53 Å². The van der Waals surface area contributed by atoms with Crippen LogP contribution in [0.4, 0.5) is 0 Å². The molecule has 1 N–H and O–H groups in total. The number of pyridine rings is 1. The summed E-state index contributed by atoms with van der Waals surface area (Å²) < 4.78 is 5.47. The highest BCUT2D eigenvalue weighted by molar-refractivity contribution is 5.83. The molecule has 7 nitrogen and oxygen atoms in total. The summed E-state index contributed by atoms with van der Waals surface area (Å²) in [4.78, 5) is 21.5. The summed E-state index contributed by atoms with van der Waals surface area (Å²) in [5.74, 6) is 0.0784. The summed E-state index contributed by atoms with van der Waals surface area (Å²) >= 11 is 0. The summed E-state index contributed by atoms with van der Waals surface area (Å²) in [6, 6.07) is 3.53. The number of nitrogens with zero attached hydrogens (tertiary/aromatic N) is 4. The highest BCUT2D eigenvalue weighted by Crippen LogP contribution is 2.26. The zero-order valence-corrected chi connectivity index (χ0v) is 15.1. The van der Waals surface area contributed by atoms with Gasteiger partial charge >= 0.3 is 0 Å². The normalized spacial score (nSPS) is 18.5. The molecule has 3 heterocycles. The smallest absolute Gasteiger partial charge is 0.244 e. The number of amides is 1. The molecule has 26 heavy (non-hydrogen) atoms. The fourth-order valence-corrected chi connectivity index (χ4v) is 3.91. The van der Waals surface area contributed by atoms with Crippen LogP contribution in [0.3, 0.4) is 0 Å². The van der Waals surface area contributed by atoms with Gasteiger partial charge in [0, 0.05) is 38.2 Å². The van der Waals surface area contributed by atoms with E-state index < -0.39 is 0 Å². The van der Waals surface area contributed by atoms with Gasteiger partial charge in [-0.05, 0) is 36.5 Å². The number of hydrogen-bond donors (Lipinski definition) is 1. The number of carbonyl (C=O) groups is 1. The highest BCUT2D eigenvalue weighted by atomic mass is 16.5. The first-order chi connectivity index (χ1) is 12.7. The van der Waals surface area contributed by atoms with Crippen molar-refractivity contribution in [3.05, 3.63) is 47.0 Å². The van der Waals surface area contributed by atoms with Crippen molar-refractivity contribution in [2.75, 3.05) is 33.4 Å². The van der Waals surface area contributed by atoms with E-state index >= 15 is 0 Å². The van der Waals surface area contributed by atoms with Gasteiger partial charge in [0.05, 0.1) is 25.5 Å². The monoisotopic (exact) mass is 355 g/mol. The molecule has 0 spiro atoms. The number of fused-ring (bicyclic) bond motifs is 1. The fourth-order valence-electron chi connectivity index (χ4n) is 3.91. The van der Waals surface area contributed by atoms with Crippen molar-refractivity contribution in [2.45, 2.75) is 31.8 Å². The molecule has 0 aromatic carbocycles. The summed E-state index contributed by atoms with van der Waals surface area (Å²) in [5.41, 5.74) is 4.46. The maximum atomic E-state index is 13.3. The van der Waals surface area contributed by atoms with Crippen molar-refractivity contribution in [3.63, 3.8) is 0 Å². The summed E-state index contributed by atoms with van der Waals surface area (Å²) in [5, 5.41) is 7.57. The Hall–Kier alpha value is -2.25. The third-order valence-electron chi connectivity index (χ3n) is 5.30. The van der Waals surface area contributed by atoms with Gasteiger partial charge in [-0.15, -0.1) is 0 Å². The predicted molar refractivity (Wildman–Crippen MR) is 96.5 cm³/mol. The summed E-state index contributed by atoms with van der Waals surface area (Å²) in [6.07, 6.45) is 6.81. The lowest BCUT2D eigenvalue weighted by molar-refractivity contribution is -0.138. The molecule has 1 aliphatic heterocycles. The number of carbonyl (C=O) groups excluding carboxylic acids is 1. The Balaban J connectivity index is 1.55. The van der Waals surface area contributed by atoms with E-state index in [2.05, 4.69) is 20.1 Å². The predicted octanol–water partition coefficient (Wildman–Crippen LogP) is 1.33. The third-order valence-corrected chi connectivity index (χ3v) is 5.30. The number of aryl methyl sites for hydroxylation is 1. The van der Waals surface area contributed by atoms with E-state index in [1.165, 1.54) is 17.7 Å². The fraction of sp³-hybridized carbons (Fsp3) is 0.526. The number of morpholine rings is 1. The van der Waals surface area contributed by atoms with E-state index in [1.54, 1.807) is 17.3 Å². The van der Waals surface area contributed by atoms with Gasteiger partial charge in [-0.2, -0.15) is 5.10 Å². The number of hydrogen-bond acceptors (Lipinski definition) is 5. The van der Waals surface area contributed by atoms with Gasteiger partial charge in [0.25, 0.3) is 0 Å². The van der Waals surface area contributed by atoms with Crippen LogP contribution >= 0.6 is 0 Å². The minimum absolute atomic E-state index is 0.0784. The van der Waals surface area contributed by atoms with Gasteiger partial charge in [-0.25, -0.2) is 0 Å². The molecule has 138 valence electrons. The Morgan fingerprint density at radius 2 is 2.23 bits per heavy atom. The maximum Gasteiger partial charge on any atom is 0.244 e. The van der Waals surface area contributed by atoms with Gasteiger partial charge in [0.1, 0.15) is 6.04 Å². The number of ether oxygens (including phenoxy) is 1. The number of likely N-dealkylation sites (N-methyl/N-ethyl adjacent to an activating group) is 1. The van der Waals surface area contributed by atoms with E-state index in [0.29, 0.717) is 19.8 Å². The molecule has 1 aliphatic carbocycles. The molecule has 2 aliphatic rings. The number of nitrogens with one attached hydrogen (secondary N) is 1. The van der Waals surface area contributed by atoms with E-state index in [0.717, 1.165) is 37.2 Å². The van der Waals surface area contributed by atoms with Crippen molar-refractivity contribution >= 4 is 5.91 Å². The molecule has 0 radical (unpaired) electrons. The molecule has 7 heteroatoms. The number of rotatable bonds is 5. The van der Waals surface area contributed by atoms with E-state index in [-0.39, 0.29) is 11.9 Å². The lowest BCUT2D eigenvalue weighted by Gasteiger charge is -2.35. The molecule has 0 bridgehead atoms. The lowest BCUT2D eigenvalue weighted by atomic mass is 10.0. The quantitative estimate of drug-likeness (QED) is 0.876. The molecule has 1 saturated heterocycles. The molecular formula is C19H25N5O2. The molecule has 4 rings (SSSR count). The second kappa shape index (κ2) is 7.55. The van der Waals surface area contributed by atoms with Gasteiger partial charge < -0.3 is 9.64 Å². The number of aromatic amines is 1. The third kappa shape index (κ3) is 3.37. The van der Waals surface area contributed by atoms with Crippen LogP contribution in [-0.4, -0.2) is 64.2 Å². The van der Waals surface area contributed by atoms with E-state index in [1.807, 2.05) is 19.2 Å². The Kier molecular flexibility index (Phi) is 4.99. The molecule has 0 saturated carbocycles. The second-order valence-electron chi connectivity index (χ2n) is 7.01. The second-order valence-corrected chi connectivity index (χ2v) is 7.01. The van der Waals surface area contributed by atoms with Crippen molar-refractivity contribution in [2.24, 2.45) is 0 Å². The Labute approximate surface area is 153 Å². The van der Waals surface area contributed by atoms with Crippen LogP contribution in [0.25, 0.3) is 0 Å². The molecule has 1 unspecified atom stereocenters. The van der Waals surface area contributed by atoms with Gasteiger partial charge in [-0.3, -0.25) is 19.8 Å². The molecule has 2 aromatic rings. The molecule has 1 amide bonds. The molecule has 2 aromatic heterocycles. The molecule has 1 atom stereocenters. The van der Waals surface area contributed by atoms with E-state index in [9.17, 15) is 4.79 Å². The average Bonchev–Trinajstić information content (AvgIpc) is 3.29. The first-order valence-corrected chi connectivity index (χ1v) is 9.25. The minimum Gasteiger partial charge on any atom is -0.379 e. The zero-order chi connectivity index (χ0) is 17.9. The lowest BCUT2D eigenvalue weighted by Crippen LogP contribution is -2.46. The zero-order valence-electron chi connectivity index (χ0n) is 15.1. The highest BCUT2D eigenvalue weighted by Gasteiger charge is 2.32. The van der Waals surface area contributed by atoms with E-state index in [4.69, 9.17) is 4.74 Å². The van der Waals surface area contributed by atoms with Crippen LogP contribution in [0.15, 0.2) is 24.5 Å². The first-order valence-electron chi connectivity index (χ1n) is 9.25. The Morgan fingerprint density at radius 1 is 1.38 bits per heavy atom. The van der Waals surface area contributed by atoms with Crippen LogP contribution in [0.5, 0.6) is 0 Å². The van der Waals surface area contributed by atoms with Crippen LogP contribution in [-0.2, 0) is 28.9 Å². The summed E-state index contributed by atoms with van der Waals surface area (Å²) in [6.45, 7) is 3.33. The summed E-state index contributed by atoms with van der Waals surface area (Å²) in [7, 11) is 1.86. The maximum absolute atomic E-state index is 13.3. The topological polar surface area (TPSA) is 74.4 Å². The first kappa shape index (κ1) is 17.2. The number of H-pyrrole nitrogens is 1. The molecular weight excluding hydrogens is 330 g/mol. The average molecular weight is 355 g/mol. The van der Waals surface area contributed by atoms with Gasteiger partial charge in [-0.1, -0.05) is 6.07 Å². The Morgan fingerprint density at radius 3 is 3.00 bits per heavy atom. The van der Waals surface area contributed by atoms with Crippen molar-refractivity contribution in [1.29, 1.82) is 0 Å². The Bertz CT molecular complexity index is 755. The van der Waals surface area contributed by atoms with Crippen molar-refractivity contribution in [3.8, 4) is 0 Å². The van der Waals surface area contributed by atoms with Crippen LogP contribution in [0, 0.1) is 0 Å². The van der Waals surface area contributed by atoms with Crippen molar-refractivity contribution in [1.82, 2.24) is 25.0 Å². The van der Waals surface area contributed by atoms with Gasteiger partial charge in [0.2, 0.25) is 5.91 Å². The van der Waals surface area contributed by atoms with Crippen LogP contribution in [0.1, 0.15) is 35.0 Å².